The second-order valence-electron chi connectivity index (χ2n) is 4.80. The van der Waals surface area contributed by atoms with Gasteiger partial charge in [0.1, 0.15) is 21.9 Å². The predicted molar refractivity (Wildman–Crippen MR) is 71.5 cm³/mol. The van der Waals surface area contributed by atoms with Crippen molar-refractivity contribution in [2.24, 2.45) is 4.40 Å². The van der Waals surface area contributed by atoms with Crippen LogP contribution in [0.1, 0.15) is 38.3 Å². The summed E-state index contributed by atoms with van der Waals surface area (Å²) in [5.41, 5.74) is -1.69. The maximum atomic E-state index is 13.7. The Morgan fingerprint density at radius 2 is 1.90 bits per heavy atom. The SMILES string of the molecule is CCC(C)(C)[S+]([O-])/N=C/c1cccc(C(F)(F)F)c1F. The molecular formula is C13H15F4NOS. The molecule has 0 aliphatic rings. The molecule has 0 aliphatic heterocycles. The first kappa shape index (κ1) is 17.0. The number of alkyl halides is 3. The summed E-state index contributed by atoms with van der Waals surface area (Å²) in [6.45, 7) is 5.24. The molecule has 0 aromatic heterocycles. The maximum Gasteiger partial charge on any atom is 0.419 e. The summed E-state index contributed by atoms with van der Waals surface area (Å²) in [6.07, 6.45) is -3.31. The van der Waals surface area contributed by atoms with E-state index in [0.29, 0.717) is 12.5 Å². The van der Waals surface area contributed by atoms with Gasteiger partial charge in [-0.05, 0) is 26.3 Å². The van der Waals surface area contributed by atoms with E-state index in [4.69, 9.17) is 0 Å². The van der Waals surface area contributed by atoms with Gasteiger partial charge < -0.3 is 4.55 Å². The van der Waals surface area contributed by atoms with E-state index >= 15 is 0 Å². The first-order chi connectivity index (χ1) is 9.09. The summed E-state index contributed by atoms with van der Waals surface area (Å²) in [7, 11) is 0. The Morgan fingerprint density at radius 1 is 1.30 bits per heavy atom. The zero-order valence-corrected chi connectivity index (χ0v) is 12.1. The minimum absolute atomic E-state index is 0.333. The molecule has 0 fully saturated rings. The molecule has 1 rings (SSSR count). The van der Waals surface area contributed by atoms with Gasteiger partial charge in [0, 0.05) is 5.56 Å². The molecule has 20 heavy (non-hydrogen) atoms. The van der Waals surface area contributed by atoms with E-state index in [2.05, 4.69) is 4.40 Å². The highest BCUT2D eigenvalue weighted by atomic mass is 32.2. The summed E-state index contributed by atoms with van der Waals surface area (Å²) in [6, 6.07) is 2.89. The number of rotatable bonds is 4. The average Bonchev–Trinajstić information content (AvgIpc) is 2.35. The van der Waals surface area contributed by atoms with Crippen molar-refractivity contribution in [3.63, 3.8) is 0 Å². The summed E-state index contributed by atoms with van der Waals surface area (Å²) >= 11 is -1.65. The molecule has 0 amide bonds. The fourth-order valence-corrected chi connectivity index (χ4v) is 1.98. The van der Waals surface area contributed by atoms with E-state index in [1.54, 1.807) is 13.8 Å². The largest absolute Gasteiger partial charge is 0.591 e. The zero-order chi connectivity index (χ0) is 15.6. The predicted octanol–water partition coefficient (Wildman–Crippen LogP) is 4.12. The van der Waals surface area contributed by atoms with E-state index in [9.17, 15) is 22.1 Å². The molecule has 2 nitrogen and oxygen atoms in total. The van der Waals surface area contributed by atoms with Gasteiger partial charge in [0.25, 0.3) is 0 Å². The summed E-state index contributed by atoms with van der Waals surface area (Å²) in [5, 5.41) is 0. The van der Waals surface area contributed by atoms with Crippen LogP contribution in [-0.2, 0) is 17.5 Å². The van der Waals surface area contributed by atoms with E-state index in [1.165, 1.54) is 0 Å². The van der Waals surface area contributed by atoms with Crippen molar-refractivity contribution in [1.29, 1.82) is 0 Å². The second kappa shape index (κ2) is 6.13. The van der Waals surface area contributed by atoms with Crippen molar-refractivity contribution >= 4 is 17.6 Å². The molecule has 0 N–H and O–H groups in total. The monoisotopic (exact) mass is 309 g/mol. The number of halogens is 4. The Kier molecular flexibility index (Phi) is 5.21. The van der Waals surface area contributed by atoms with Crippen LogP contribution in [0.4, 0.5) is 17.6 Å². The lowest BCUT2D eigenvalue weighted by Gasteiger charge is -2.21. The molecule has 0 bridgehead atoms. The lowest BCUT2D eigenvalue weighted by Crippen LogP contribution is -2.29. The van der Waals surface area contributed by atoms with Crippen molar-refractivity contribution in [3.8, 4) is 0 Å². The Labute approximate surface area is 118 Å². The number of benzene rings is 1. The van der Waals surface area contributed by atoms with E-state index < -0.39 is 33.7 Å². The smallest absolute Gasteiger partial charge is 0.419 e. The lowest BCUT2D eigenvalue weighted by atomic mass is 10.1. The summed E-state index contributed by atoms with van der Waals surface area (Å²) < 4.78 is 66.1. The first-order valence-electron chi connectivity index (χ1n) is 5.91. The second-order valence-corrected chi connectivity index (χ2v) is 6.62. The van der Waals surface area contributed by atoms with E-state index in [0.717, 1.165) is 18.3 Å². The fraction of sp³-hybridized carbons (Fsp3) is 0.462. The van der Waals surface area contributed by atoms with Crippen LogP contribution in [0.15, 0.2) is 22.6 Å². The van der Waals surface area contributed by atoms with Gasteiger partial charge in [-0.25, -0.2) is 4.39 Å². The van der Waals surface area contributed by atoms with Crippen LogP contribution < -0.4 is 0 Å². The van der Waals surface area contributed by atoms with Crippen LogP contribution in [-0.4, -0.2) is 15.5 Å². The highest BCUT2D eigenvalue weighted by molar-refractivity contribution is 7.91. The van der Waals surface area contributed by atoms with Gasteiger partial charge in [-0.1, -0.05) is 23.5 Å². The average molecular weight is 309 g/mol. The fourth-order valence-electron chi connectivity index (χ4n) is 1.24. The molecule has 1 unspecified atom stereocenters. The molecule has 0 spiro atoms. The number of hydrogen-bond acceptors (Lipinski definition) is 2. The Balaban J connectivity index is 3.06. The topological polar surface area (TPSA) is 35.4 Å². The highest BCUT2D eigenvalue weighted by Crippen LogP contribution is 2.32. The van der Waals surface area contributed by atoms with Crippen LogP contribution in [0.3, 0.4) is 0 Å². The number of hydrogen-bond donors (Lipinski definition) is 0. The summed E-state index contributed by atoms with van der Waals surface area (Å²) in [4.78, 5) is 0. The van der Waals surface area contributed by atoms with Gasteiger partial charge in [-0.15, -0.1) is 0 Å². The normalized spacial score (nSPS) is 14.8. The Hall–Kier alpha value is -1.08. The van der Waals surface area contributed by atoms with Gasteiger partial charge in [0.05, 0.1) is 11.8 Å². The molecule has 0 aliphatic carbocycles. The molecule has 1 aromatic rings. The van der Waals surface area contributed by atoms with Crippen LogP contribution in [0.25, 0.3) is 0 Å². The van der Waals surface area contributed by atoms with E-state index in [-0.39, 0.29) is 5.56 Å². The minimum atomic E-state index is -4.77. The van der Waals surface area contributed by atoms with E-state index in [1.807, 2.05) is 6.92 Å². The third kappa shape index (κ3) is 3.96. The van der Waals surface area contributed by atoms with Crippen molar-refractivity contribution < 1.29 is 22.1 Å². The number of nitrogens with zero attached hydrogens (tertiary/aromatic N) is 1. The van der Waals surface area contributed by atoms with Crippen molar-refractivity contribution in [3.05, 3.63) is 35.1 Å². The van der Waals surface area contributed by atoms with Gasteiger partial charge in [-0.3, -0.25) is 0 Å². The molecule has 112 valence electrons. The Morgan fingerprint density at radius 3 is 2.40 bits per heavy atom. The third-order valence-electron chi connectivity index (χ3n) is 2.95. The summed E-state index contributed by atoms with van der Waals surface area (Å²) in [5.74, 6) is -1.41. The quantitative estimate of drug-likeness (QED) is 0.468. The third-order valence-corrected chi connectivity index (χ3v) is 4.48. The molecular weight excluding hydrogens is 294 g/mol. The van der Waals surface area contributed by atoms with Crippen LogP contribution >= 0.6 is 0 Å². The molecule has 1 atom stereocenters. The minimum Gasteiger partial charge on any atom is -0.591 e. The maximum absolute atomic E-state index is 13.7. The van der Waals surface area contributed by atoms with Crippen LogP contribution in [0, 0.1) is 5.82 Å². The molecule has 0 saturated heterocycles. The Bertz CT molecular complexity index is 500. The van der Waals surface area contributed by atoms with Gasteiger partial charge in [0.15, 0.2) is 0 Å². The van der Waals surface area contributed by atoms with Crippen molar-refractivity contribution in [2.45, 2.75) is 38.1 Å². The van der Waals surface area contributed by atoms with Crippen molar-refractivity contribution in [2.75, 3.05) is 0 Å². The zero-order valence-electron chi connectivity index (χ0n) is 11.3. The molecule has 1 aromatic carbocycles. The lowest BCUT2D eigenvalue weighted by molar-refractivity contribution is -0.140. The van der Waals surface area contributed by atoms with Crippen molar-refractivity contribution in [1.82, 2.24) is 0 Å². The molecule has 0 heterocycles. The van der Waals surface area contributed by atoms with Crippen LogP contribution in [0.2, 0.25) is 0 Å². The molecule has 0 radical (unpaired) electrons. The van der Waals surface area contributed by atoms with Gasteiger partial charge >= 0.3 is 6.18 Å². The molecule has 7 heteroatoms. The standard InChI is InChI=1S/C13H15F4NOS/c1-4-12(2,3)20(19)18-8-9-6-5-7-10(11(9)14)13(15,16)17/h5-8H,4H2,1-3H3/b18-8+. The van der Waals surface area contributed by atoms with Gasteiger partial charge in [-0.2, -0.15) is 13.2 Å². The van der Waals surface area contributed by atoms with Gasteiger partial charge in [0.2, 0.25) is 0 Å². The molecule has 0 saturated carbocycles. The van der Waals surface area contributed by atoms with Crippen LogP contribution in [0.5, 0.6) is 0 Å². The first-order valence-corrected chi connectivity index (χ1v) is 7.02. The highest BCUT2D eigenvalue weighted by Gasteiger charge is 2.35.